The van der Waals surface area contributed by atoms with Crippen molar-refractivity contribution in [2.75, 3.05) is 11.6 Å². The lowest BCUT2D eigenvalue weighted by atomic mass is 10.2. The van der Waals surface area contributed by atoms with Crippen LogP contribution in [0.2, 0.25) is 5.02 Å². The SMILES string of the molecule is CC.Cc1cc(N=C2CCN(c3ccc(C)c(Cl)c3)N2)ncn1. The maximum atomic E-state index is 6.17. The number of hydrazine groups is 1. The first-order valence-corrected chi connectivity index (χ1v) is 8.16. The molecule has 1 aliphatic heterocycles. The van der Waals surface area contributed by atoms with Crippen LogP contribution in [0.25, 0.3) is 0 Å². The van der Waals surface area contributed by atoms with Crippen molar-refractivity contribution >= 4 is 28.9 Å². The Bertz CT molecular complexity index is 699. The molecular weight excluding hydrogens is 310 g/mol. The number of rotatable bonds is 2. The molecule has 0 spiro atoms. The third-order valence-corrected chi connectivity index (χ3v) is 3.75. The van der Waals surface area contributed by atoms with Gasteiger partial charge in [0.15, 0.2) is 5.82 Å². The second-order valence-corrected chi connectivity index (χ2v) is 5.43. The highest BCUT2D eigenvalue weighted by atomic mass is 35.5. The molecule has 23 heavy (non-hydrogen) atoms. The van der Waals surface area contributed by atoms with Crippen LogP contribution in [-0.2, 0) is 0 Å². The predicted molar refractivity (Wildman–Crippen MR) is 96.5 cm³/mol. The Hall–Kier alpha value is -2.14. The van der Waals surface area contributed by atoms with E-state index in [-0.39, 0.29) is 0 Å². The normalized spacial score (nSPS) is 15.2. The summed E-state index contributed by atoms with van der Waals surface area (Å²) >= 11 is 6.17. The van der Waals surface area contributed by atoms with E-state index in [0.717, 1.165) is 40.8 Å². The summed E-state index contributed by atoms with van der Waals surface area (Å²) in [6, 6.07) is 7.88. The van der Waals surface area contributed by atoms with E-state index in [2.05, 4.69) is 20.4 Å². The van der Waals surface area contributed by atoms with Crippen LogP contribution in [-0.4, -0.2) is 22.3 Å². The topological polar surface area (TPSA) is 53.4 Å². The molecule has 2 heterocycles. The molecule has 0 unspecified atom stereocenters. The van der Waals surface area contributed by atoms with E-state index >= 15 is 0 Å². The first kappa shape index (κ1) is 17.2. The van der Waals surface area contributed by atoms with Gasteiger partial charge in [-0.2, -0.15) is 0 Å². The van der Waals surface area contributed by atoms with Crippen molar-refractivity contribution in [3.63, 3.8) is 0 Å². The molecule has 0 aliphatic carbocycles. The lowest BCUT2D eigenvalue weighted by Crippen LogP contribution is -2.33. The second kappa shape index (κ2) is 7.92. The number of aryl methyl sites for hydroxylation is 2. The molecule has 3 rings (SSSR count). The summed E-state index contributed by atoms with van der Waals surface area (Å²) in [7, 11) is 0. The number of nitrogens with one attached hydrogen (secondary N) is 1. The molecule has 1 aromatic heterocycles. The molecule has 0 radical (unpaired) electrons. The van der Waals surface area contributed by atoms with E-state index in [4.69, 9.17) is 11.6 Å². The average molecular weight is 332 g/mol. The largest absolute Gasteiger partial charge is 0.286 e. The van der Waals surface area contributed by atoms with Crippen LogP contribution < -0.4 is 10.4 Å². The maximum absolute atomic E-state index is 6.17. The number of aromatic nitrogens is 2. The zero-order valence-corrected chi connectivity index (χ0v) is 14.7. The van der Waals surface area contributed by atoms with Gasteiger partial charge in [-0.1, -0.05) is 31.5 Å². The van der Waals surface area contributed by atoms with E-state index in [9.17, 15) is 0 Å². The summed E-state index contributed by atoms with van der Waals surface area (Å²) in [5, 5.41) is 2.81. The lowest BCUT2D eigenvalue weighted by molar-refractivity contribution is 0.857. The molecule has 1 fully saturated rings. The Morgan fingerprint density at radius 1 is 1.17 bits per heavy atom. The fourth-order valence-corrected chi connectivity index (χ4v) is 2.32. The van der Waals surface area contributed by atoms with Gasteiger partial charge in [0.2, 0.25) is 0 Å². The minimum absolute atomic E-state index is 0.675. The van der Waals surface area contributed by atoms with Crippen LogP contribution in [0.15, 0.2) is 35.6 Å². The number of benzene rings is 1. The standard InChI is InChI=1S/C15H16ClN5.C2H6/c1-10-3-4-12(8-13(10)16)21-6-5-14(20-21)19-15-7-11(2)17-9-18-15;1-2/h3-4,7-9H,5-6H2,1-2H3,(H,17,18,19,20);1-2H3. The van der Waals surface area contributed by atoms with Crippen molar-refractivity contribution in [1.82, 2.24) is 15.4 Å². The first-order valence-electron chi connectivity index (χ1n) is 7.78. The summed E-state index contributed by atoms with van der Waals surface area (Å²) in [5.74, 6) is 1.57. The third-order valence-electron chi connectivity index (χ3n) is 3.34. The smallest absolute Gasteiger partial charge is 0.157 e. The molecule has 1 aromatic carbocycles. The molecule has 2 aromatic rings. The van der Waals surface area contributed by atoms with Gasteiger partial charge in [0.05, 0.1) is 5.69 Å². The predicted octanol–water partition coefficient (Wildman–Crippen LogP) is 4.22. The van der Waals surface area contributed by atoms with Crippen LogP contribution in [0.3, 0.4) is 0 Å². The Labute approximate surface area is 142 Å². The van der Waals surface area contributed by atoms with Gasteiger partial charge < -0.3 is 0 Å². The van der Waals surface area contributed by atoms with Crippen LogP contribution in [0.5, 0.6) is 0 Å². The molecule has 0 bridgehead atoms. The molecule has 0 saturated carbocycles. The van der Waals surface area contributed by atoms with Crippen LogP contribution >= 0.6 is 11.6 Å². The van der Waals surface area contributed by atoms with E-state index in [0.29, 0.717) is 5.82 Å². The minimum Gasteiger partial charge on any atom is -0.286 e. The number of nitrogens with zero attached hydrogens (tertiary/aromatic N) is 4. The van der Waals surface area contributed by atoms with Gasteiger partial charge in [-0.15, -0.1) is 0 Å². The second-order valence-electron chi connectivity index (χ2n) is 5.02. The molecule has 1 aliphatic rings. The van der Waals surface area contributed by atoms with E-state index in [1.54, 1.807) is 0 Å². The third kappa shape index (κ3) is 4.42. The number of aliphatic imine (C=N–C) groups is 1. The monoisotopic (exact) mass is 331 g/mol. The molecule has 5 nitrogen and oxygen atoms in total. The molecular formula is C17H22ClN5. The fourth-order valence-electron chi connectivity index (χ4n) is 2.15. The van der Waals surface area contributed by atoms with Crippen molar-refractivity contribution in [3.05, 3.63) is 46.9 Å². The molecule has 1 saturated heterocycles. The number of amidine groups is 1. The van der Waals surface area contributed by atoms with Crippen molar-refractivity contribution in [3.8, 4) is 0 Å². The zero-order valence-electron chi connectivity index (χ0n) is 14.0. The molecule has 0 atom stereocenters. The molecule has 0 amide bonds. The van der Waals surface area contributed by atoms with E-state index < -0.39 is 0 Å². The van der Waals surface area contributed by atoms with Gasteiger partial charge in [-0.3, -0.25) is 10.4 Å². The van der Waals surface area contributed by atoms with Crippen LogP contribution in [0.1, 0.15) is 31.5 Å². The summed E-state index contributed by atoms with van der Waals surface area (Å²) in [6.45, 7) is 8.77. The van der Waals surface area contributed by atoms with Gasteiger partial charge in [-0.25, -0.2) is 15.0 Å². The Kier molecular flexibility index (Phi) is 5.93. The van der Waals surface area contributed by atoms with E-state index in [1.165, 1.54) is 6.33 Å². The molecule has 1 N–H and O–H groups in total. The summed E-state index contributed by atoms with van der Waals surface area (Å²) in [4.78, 5) is 12.7. The summed E-state index contributed by atoms with van der Waals surface area (Å²) in [5.41, 5.74) is 6.30. The fraction of sp³-hybridized carbons (Fsp3) is 0.353. The van der Waals surface area contributed by atoms with Gasteiger partial charge in [0, 0.05) is 29.7 Å². The van der Waals surface area contributed by atoms with E-state index in [1.807, 2.05) is 57.0 Å². The van der Waals surface area contributed by atoms with Crippen molar-refractivity contribution in [2.24, 2.45) is 4.99 Å². The summed E-state index contributed by atoms with van der Waals surface area (Å²) < 4.78 is 0. The lowest BCUT2D eigenvalue weighted by Gasteiger charge is -2.18. The van der Waals surface area contributed by atoms with Crippen molar-refractivity contribution < 1.29 is 0 Å². The number of hydrogen-bond donors (Lipinski definition) is 1. The van der Waals surface area contributed by atoms with Crippen LogP contribution in [0.4, 0.5) is 11.5 Å². The average Bonchev–Trinajstić information content (AvgIpc) is 3.00. The summed E-state index contributed by atoms with van der Waals surface area (Å²) in [6.07, 6.45) is 2.37. The van der Waals surface area contributed by atoms with Gasteiger partial charge >= 0.3 is 0 Å². The van der Waals surface area contributed by atoms with Crippen molar-refractivity contribution in [2.45, 2.75) is 34.1 Å². The Morgan fingerprint density at radius 3 is 2.65 bits per heavy atom. The first-order chi connectivity index (χ1) is 11.1. The molecule has 6 heteroatoms. The van der Waals surface area contributed by atoms with Crippen molar-refractivity contribution in [1.29, 1.82) is 0 Å². The maximum Gasteiger partial charge on any atom is 0.157 e. The highest BCUT2D eigenvalue weighted by Gasteiger charge is 2.18. The van der Waals surface area contributed by atoms with Gasteiger partial charge in [0.25, 0.3) is 0 Å². The quantitative estimate of drug-likeness (QED) is 0.895. The Morgan fingerprint density at radius 2 is 1.96 bits per heavy atom. The van der Waals surface area contributed by atoms with Crippen LogP contribution in [0, 0.1) is 13.8 Å². The number of hydrogen-bond acceptors (Lipinski definition) is 4. The highest BCUT2D eigenvalue weighted by Crippen LogP contribution is 2.24. The van der Waals surface area contributed by atoms with Gasteiger partial charge in [-0.05, 0) is 31.5 Å². The van der Waals surface area contributed by atoms with Gasteiger partial charge in [0.1, 0.15) is 12.2 Å². The minimum atomic E-state index is 0.675. The highest BCUT2D eigenvalue weighted by molar-refractivity contribution is 6.31. The zero-order chi connectivity index (χ0) is 16.8. The number of anilines is 1. The number of halogens is 1. The Balaban J connectivity index is 0.000000924. The molecule has 122 valence electrons.